The zero-order valence-corrected chi connectivity index (χ0v) is 26.5. The summed E-state index contributed by atoms with van der Waals surface area (Å²) < 4.78 is 28.8. The molecule has 1 saturated heterocycles. The van der Waals surface area contributed by atoms with Crippen molar-refractivity contribution < 1.29 is 33.1 Å². The Bertz CT molecular complexity index is 1690. The van der Waals surface area contributed by atoms with Crippen LogP contribution in [0, 0.1) is 0 Å². The second kappa shape index (κ2) is 12.5. The van der Waals surface area contributed by atoms with Crippen LogP contribution < -0.4 is 24.8 Å². The molecule has 0 saturated carbocycles. The van der Waals surface area contributed by atoms with E-state index in [0.29, 0.717) is 70.8 Å². The minimum absolute atomic E-state index is 0.236. The second-order valence-electron chi connectivity index (χ2n) is 12.7. The van der Waals surface area contributed by atoms with E-state index in [4.69, 9.17) is 23.5 Å². The summed E-state index contributed by atoms with van der Waals surface area (Å²) in [5.41, 5.74) is 0.264. The number of carbonyl (C=O) groups is 2. The zero-order chi connectivity index (χ0) is 32.4. The summed E-state index contributed by atoms with van der Waals surface area (Å²) >= 11 is 0. The van der Waals surface area contributed by atoms with Gasteiger partial charge in [-0.3, -0.25) is 5.32 Å². The third-order valence-electron chi connectivity index (χ3n) is 6.77. The minimum atomic E-state index is -0.571. The van der Waals surface area contributed by atoms with Crippen molar-refractivity contribution in [2.45, 2.75) is 65.1 Å². The number of hydrogen-bond donors (Lipinski definition) is 2. The van der Waals surface area contributed by atoms with Crippen molar-refractivity contribution in [2.75, 3.05) is 30.8 Å². The smallest absolute Gasteiger partial charge is 0.410 e. The van der Waals surface area contributed by atoms with Gasteiger partial charge in [0.1, 0.15) is 29.5 Å². The lowest BCUT2D eigenvalue weighted by molar-refractivity contribution is 0.0275. The molecular formula is C32H38N6O7. The van der Waals surface area contributed by atoms with E-state index < -0.39 is 11.6 Å². The standard InChI is InChI=1S/C32H38N6O7/c1-31(2,3)26-16-27(37-45-26)36-29(39)35-19-9-8-10-20(13-19)43-28-22-14-24(41-7)25(15-23(22)33-18-34-28)42-21-11-12-38(17-21)30(40)44-32(4,5)6/h8-10,13-16,18,21H,11-12,17H2,1-7H3,(H2,35,36,37,39). The van der Waals surface area contributed by atoms with Crippen LogP contribution in [0.5, 0.6) is 23.1 Å². The summed E-state index contributed by atoms with van der Waals surface area (Å²) in [6, 6.07) is 11.6. The molecule has 1 atom stereocenters. The van der Waals surface area contributed by atoms with Crippen LogP contribution in [-0.4, -0.2) is 64.1 Å². The number of likely N-dealkylation sites (tertiary alicyclic amines) is 1. The van der Waals surface area contributed by atoms with Gasteiger partial charge in [0.25, 0.3) is 0 Å². The highest BCUT2D eigenvalue weighted by atomic mass is 16.6. The first-order valence-electron chi connectivity index (χ1n) is 14.6. The number of aromatic nitrogens is 3. The highest BCUT2D eigenvalue weighted by Gasteiger charge is 2.31. The van der Waals surface area contributed by atoms with E-state index >= 15 is 0 Å². The van der Waals surface area contributed by atoms with Gasteiger partial charge in [0.15, 0.2) is 17.3 Å². The third-order valence-corrected chi connectivity index (χ3v) is 6.77. The Balaban J connectivity index is 1.27. The predicted octanol–water partition coefficient (Wildman–Crippen LogP) is 6.75. The Morgan fingerprint density at radius 1 is 1.00 bits per heavy atom. The van der Waals surface area contributed by atoms with Crippen molar-refractivity contribution >= 4 is 34.5 Å². The first-order chi connectivity index (χ1) is 21.3. The van der Waals surface area contributed by atoms with Gasteiger partial charge < -0.3 is 33.7 Å². The molecule has 4 aromatic rings. The lowest BCUT2D eigenvalue weighted by atomic mass is 9.93. The molecule has 2 N–H and O–H groups in total. The zero-order valence-electron chi connectivity index (χ0n) is 26.5. The van der Waals surface area contributed by atoms with Crippen LogP contribution in [0.2, 0.25) is 0 Å². The Morgan fingerprint density at radius 3 is 2.51 bits per heavy atom. The maximum absolute atomic E-state index is 12.6. The normalized spacial score (nSPS) is 15.1. The first kappa shape index (κ1) is 31.4. The van der Waals surface area contributed by atoms with Gasteiger partial charge in [0.05, 0.1) is 24.6 Å². The molecule has 3 heterocycles. The number of rotatable bonds is 7. The lowest BCUT2D eigenvalue weighted by Crippen LogP contribution is -2.36. The fourth-order valence-electron chi connectivity index (χ4n) is 4.58. The van der Waals surface area contributed by atoms with Crippen LogP contribution in [-0.2, 0) is 10.2 Å². The molecule has 0 bridgehead atoms. The molecule has 2 aromatic carbocycles. The number of methoxy groups -OCH3 is 1. The summed E-state index contributed by atoms with van der Waals surface area (Å²) in [4.78, 5) is 35.5. The molecule has 2 aromatic heterocycles. The Kier molecular flexibility index (Phi) is 8.71. The van der Waals surface area contributed by atoms with E-state index in [-0.39, 0.29) is 17.6 Å². The second-order valence-corrected chi connectivity index (χ2v) is 12.7. The number of ether oxygens (including phenoxy) is 4. The maximum atomic E-state index is 12.6. The molecule has 1 fully saturated rings. The number of fused-ring (bicyclic) bond motifs is 1. The van der Waals surface area contributed by atoms with E-state index in [1.165, 1.54) is 6.33 Å². The number of amides is 3. The molecule has 1 aliphatic heterocycles. The van der Waals surface area contributed by atoms with Crippen LogP contribution in [0.4, 0.5) is 21.1 Å². The Hall–Kier alpha value is -5.07. The van der Waals surface area contributed by atoms with Gasteiger partial charge in [0.2, 0.25) is 5.88 Å². The highest BCUT2D eigenvalue weighted by Crippen LogP contribution is 2.37. The van der Waals surface area contributed by atoms with Crippen molar-refractivity contribution in [1.29, 1.82) is 0 Å². The number of anilines is 2. The van der Waals surface area contributed by atoms with Crippen molar-refractivity contribution in [1.82, 2.24) is 20.0 Å². The molecule has 3 amide bonds. The number of carbonyl (C=O) groups excluding carboxylic acids is 2. The predicted molar refractivity (Wildman–Crippen MR) is 167 cm³/mol. The molecule has 1 aliphatic rings. The Labute approximate surface area is 261 Å². The molecule has 0 spiro atoms. The van der Waals surface area contributed by atoms with Gasteiger partial charge in [-0.2, -0.15) is 0 Å². The van der Waals surface area contributed by atoms with Gasteiger partial charge in [-0.15, -0.1) is 0 Å². The number of nitrogens with one attached hydrogen (secondary N) is 2. The number of urea groups is 1. The molecule has 1 unspecified atom stereocenters. The van der Waals surface area contributed by atoms with Gasteiger partial charge in [0, 0.05) is 42.3 Å². The van der Waals surface area contributed by atoms with Gasteiger partial charge in [-0.1, -0.05) is 32.0 Å². The first-order valence-corrected chi connectivity index (χ1v) is 14.6. The SMILES string of the molecule is COc1cc2c(Oc3cccc(NC(=O)Nc4cc(C(C)(C)C)on4)c3)ncnc2cc1OC1CCN(C(=O)OC(C)(C)C)C1. The molecule has 238 valence electrons. The molecule has 13 heteroatoms. The van der Waals surface area contributed by atoms with E-state index in [1.54, 1.807) is 54.5 Å². The fourth-order valence-corrected chi connectivity index (χ4v) is 4.58. The van der Waals surface area contributed by atoms with E-state index in [9.17, 15) is 9.59 Å². The van der Waals surface area contributed by atoms with Crippen LogP contribution in [0.3, 0.4) is 0 Å². The summed E-state index contributed by atoms with van der Waals surface area (Å²) in [7, 11) is 1.54. The van der Waals surface area contributed by atoms with Crippen molar-refractivity contribution in [3.05, 3.63) is 54.6 Å². The van der Waals surface area contributed by atoms with Gasteiger partial charge in [-0.05, 0) is 39.0 Å². The van der Waals surface area contributed by atoms with Crippen LogP contribution in [0.15, 0.2) is 53.3 Å². The van der Waals surface area contributed by atoms with Crippen LogP contribution >= 0.6 is 0 Å². The molecule has 45 heavy (non-hydrogen) atoms. The van der Waals surface area contributed by atoms with Crippen molar-refractivity contribution in [2.24, 2.45) is 0 Å². The quantitative estimate of drug-likeness (QED) is 0.228. The summed E-state index contributed by atoms with van der Waals surface area (Å²) in [6.07, 6.45) is 1.45. The van der Waals surface area contributed by atoms with Crippen LogP contribution in [0.25, 0.3) is 10.9 Å². The maximum Gasteiger partial charge on any atom is 0.410 e. The highest BCUT2D eigenvalue weighted by molar-refractivity contribution is 5.99. The van der Waals surface area contributed by atoms with Crippen molar-refractivity contribution in [3.8, 4) is 23.1 Å². The Morgan fingerprint density at radius 2 is 1.80 bits per heavy atom. The third kappa shape index (κ3) is 7.91. The molecule has 13 nitrogen and oxygen atoms in total. The van der Waals surface area contributed by atoms with Gasteiger partial charge in [-0.25, -0.2) is 19.6 Å². The molecular weight excluding hydrogens is 580 g/mol. The number of hydrogen-bond acceptors (Lipinski definition) is 10. The number of benzene rings is 2. The monoisotopic (exact) mass is 618 g/mol. The largest absolute Gasteiger partial charge is 0.493 e. The average Bonchev–Trinajstić information content (AvgIpc) is 3.62. The van der Waals surface area contributed by atoms with E-state index in [1.807, 2.05) is 41.5 Å². The van der Waals surface area contributed by atoms with Crippen molar-refractivity contribution in [3.63, 3.8) is 0 Å². The lowest BCUT2D eigenvalue weighted by Gasteiger charge is -2.24. The molecule has 0 aliphatic carbocycles. The topological polar surface area (TPSA) is 150 Å². The molecule has 5 rings (SSSR count). The van der Waals surface area contributed by atoms with E-state index in [0.717, 1.165) is 0 Å². The van der Waals surface area contributed by atoms with Gasteiger partial charge >= 0.3 is 12.1 Å². The summed E-state index contributed by atoms with van der Waals surface area (Å²) in [6.45, 7) is 12.4. The fraction of sp³-hybridized carbons (Fsp3) is 0.406. The van der Waals surface area contributed by atoms with Crippen LogP contribution in [0.1, 0.15) is 53.7 Å². The summed E-state index contributed by atoms with van der Waals surface area (Å²) in [5.74, 6) is 2.65. The minimum Gasteiger partial charge on any atom is -0.493 e. The number of nitrogens with zero attached hydrogens (tertiary/aromatic N) is 4. The van der Waals surface area contributed by atoms with E-state index in [2.05, 4.69) is 25.8 Å². The average molecular weight is 619 g/mol. The molecule has 0 radical (unpaired) electrons. The summed E-state index contributed by atoms with van der Waals surface area (Å²) in [5, 5.41) is 9.95.